The minimum atomic E-state index is 0.769. The Labute approximate surface area is 43.8 Å². The molecule has 3 heteroatoms. The number of rotatable bonds is 2. The highest BCUT2D eigenvalue weighted by molar-refractivity contribution is 8.77. The van der Waals surface area contributed by atoms with Crippen LogP contribution in [-0.4, -0.2) is 5.75 Å². The predicted octanol–water partition coefficient (Wildman–Crippen LogP) is 2.18. The van der Waals surface area contributed by atoms with E-state index in [1.165, 1.54) is 5.75 Å². The van der Waals surface area contributed by atoms with Crippen LogP contribution in [0.5, 0.6) is 0 Å². The lowest BCUT2D eigenvalue weighted by Gasteiger charge is -1.79. The van der Waals surface area contributed by atoms with Gasteiger partial charge in [0.1, 0.15) is 0 Å². The van der Waals surface area contributed by atoms with E-state index < -0.39 is 0 Å². The fraction of sp³-hybridized carbons (Fsp3) is 1.00. The van der Waals surface area contributed by atoms with Crippen LogP contribution in [0.1, 0.15) is 6.92 Å². The lowest BCUT2D eigenvalue weighted by Crippen LogP contribution is -1.46. The van der Waals surface area contributed by atoms with E-state index in [1.54, 1.807) is 0 Å². The Hall–Kier alpha value is 1.13. The molecule has 0 saturated heterocycles. The van der Waals surface area contributed by atoms with E-state index in [1.807, 2.05) is 11.4 Å². The van der Waals surface area contributed by atoms with Crippen LogP contribution in [-0.2, 0) is 0 Å². The van der Waals surface area contributed by atoms with Crippen LogP contribution < -0.4 is 0 Å². The maximum absolute atomic E-state index is 3.99. The second-order valence-electron chi connectivity index (χ2n) is 0.524. The molecule has 0 spiro atoms. The van der Waals surface area contributed by atoms with Gasteiger partial charge < -0.3 is 0 Å². The van der Waals surface area contributed by atoms with Gasteiger partial charge >= 0.3 is 0 Å². The minimum absolute atomic E-state index is 0.769. The molecule has 0 heterocycles. The summed E-state index contributed by atoms with van der Waals surface area (Å²) in [6, 6.07) is 0. The van der Waals surface area contributed by atoms with E-state index in [4.69, 9.17) is 0 Å². The van der Waals surface area contributed by atoms with Crippen molar-refractivity contribution in [3.63, 3.8) is 0 Å². The van der Waals surface area contributed by atoms with Gasteiger partial charge in [0.15, 0.2) is 0 Å². The molecule has 0 aliphatic rings. The zero-order valence-corrected chi connectivity index (χ0v) is 5.77. The van der Waals surface area contributed by atoms with E-state index in [-0.39, 0.29) is 0 Å². The van der Waals surface area contributed by atoms with Crippen molar-refractivity contribution in [2.45, 2.75) is 6.92 Å². The zero-order valence-electron chi connectivity index (χ0n) is 3.06. The average Bonchev–Trinajstić information content (AvgIpc) is 1.41. The number of hydrogen-bond acceptors (Lipinski definition) is 2. The fourth-order valence-corrected chi connectivity index (χ4v) is 1.74. The van der Waals surface area contributed by atoms with E-state index in [0.29, 0.717) is 0 Å². The standard InChI is InChI=1S/C2H7PS2/c1-2-5-3-4/h3-4H,2H2,1H3. The van der Waals surface area contributed by atoms with E-state index in [0.717, 1.165) is 6.98 Å². The van der Waals surface area contributed by atoms with Crippen molar-refractivity contribution < 1.29 is 0 Å². The summed E-state index contributed by atoms with van der Waals surface area (Å²) in [7, 11) is 0. The quantitative estimate of drug-likeness (QED) is 0.437. The van der Waals surface area contributed by atoms with Gasteiger partial charge in [0.2, 0.25) is 0 Å². The molecular formula is C2H7PS2. The molecule has 0 fully saturated rings. The largest absolute Gasteiger partial charge is 0.143 e. The highest BCUT2D eigenvalue weighted by Crippen LogP contribution is 2.31. The summed E-state index contributed by atoms with van der Waals surface area (Å²) in [6.45, 7) is 2.90. The van der Waals surface area contributed by atoms with Crippen LogP contribution in [0, 0.1) is 0 Å². The van der Waals surface area contributed by atoms with Gasteiger partial charge in [-0.3, -0.25) is 0 Å². The van der Waals surface area contributed by atoms with E-state index in [2.05, 4.69) is 19.2 Å². The first-order valence-corrected chi connectivity index (χ1v) is 5.42. The molecule has 0 rings (SSSR count). The Kier molecular flexibility index (Phi) is 6.29. The van der Waals surface area contributed by atoms with Crippen molar-refractivity contribution in [2.24, 2.45) is 0 Å². The van der Waals surface area contributed by atoms with Gasteiger partial charge in [0, 0.05) is 0 Å². The molecule has 32 valence electrons. The lowest BCUT2D eigenvalue weighted by molar-refractivity contribution is 1.54. The van der Waals surface area contributed by atoms with E-state index in [9.17, 15) is 0 Å². The monoisotopic (exact) mass is 126 g/mol. The normalized spacial score (nSPS) is 10.8. The van der Waals surface area contributed by atoms with Gasteiger partial charge in [-0.15, -0.1) is 23.6 Å². The van der Waals surface area contributed by atoms with Gasteiger partial charge in [0.25, 0.3) is 0 Å². The van der Waals surface area contributed by atoms with Crippen molar-refractivity contribution in [2.75, 3.05) is 5.75 Å². The Balaban J connectivity index is 2.19. The van der Waals surface area contributed by atoms with Crippen LogP contribution in [0.4, 0.5) is 0 Å². The molecule has 0 aromatic carbocycles. The summed E-state index contributed by atoms with van der Waals surface area (Å²) in [4.78, 5) is 0. The summed E-state index contributed by atoms with van der Waals surface area (Å²) in [5.41, 5.74) is 0. The van der Waals surface area contributed by atoms with Gasteiger partial charge in [-0.2, -0.15) is 0 Å². The average molecular weight is 126 g/mol. The molecular weight excluding hydrogens is 119 g/mol. The molecule has 1 unspecified atom stereocenters. The predicted molar refractivity (Wildman–Crippen MR) is 35.4 cm³/mol. The lowest BCUT2D eigenvalue weighted by atomic mass is 11.0. The van der Waals surface area contributed by atoms with Crippen LogP contribution in [0.25, 0.3) is 0 Å². The third kappa shape index (κ3) is 5.13. The topological polar surface area (TPSA) is 0 Å². The molecule has 0 aromatic heterocycles. The molecule has 0 aromatic rings. The van der Waals surface area contributed by atoms with Crippen molar-refractivity contribution in [3.05, 3.63) is 0 Å². The first kappa shape index (κ1) is 6.13. The summed E-state index contributed by atoms with van der Waals surface area (Å²) >= 11 is 5.85. The maximum Gasteiger partial charge on any atom is -0.00486 e. The summed E-state index contributed by atoms with van der Waals surface area (Å²) in [6.07, 6.45) is 0. The SMILES string of the molecule is CCSPS. The number of hydrogen-bond donors (Lipinski definition) is 1. The highest BCUT2D eigenvalue weighted by Gasteiger charge is 1.67. The molecule has 0 nitrogen and oxygen atoms in total. The summed E-state index contributed by atoms with van der Waals surface area (Å²) in [5, 5.41) is 0. The zero-order chi connectivity index (χ0) is 4.12. The second kappa shape index (κ2) is 5.13. The molecule has 0 bridgehead atoms. The Bertz CT molecular complexity index is 15.1. The van der Waals surface area contributed by atoms with Gasteiger partial charge in [0.05, 0.1) is 0 Å². The van der Waals surface area contributed by atoms with Crippen molar-refractivity contribution in [1.82, 2.24) is 0 Å². The van der Waals surface area contributed by atoms with Gasteiger partial charge in [-0.25, -0.2) is 0 Å². The number of thiol groups is 1. The van der Waals surface area contributed by atoms with Crippen LogP contribution in [0.3, 0.4) is 0 Å². The van der Waals surface area contributed by atoms with Gasteiger partial charge in [-0.05, 0) is 12.7 Å². The third-order valence-corrected chi connectivity index (χ3v) is 3.04. The summed E-state index contributed by atoms with van der Waals surface area (Å²) < 4.78 is 0. The molecule has 5 heavy (non-hydrogen) atoms. The van der Waals surface area contributed by atoms with Crippen LogP contribution in [0.15, 0.2) is 0 Å². The molecule has 0 saturated carbocycles. The molecule has 0 radical (unpaired) electrons. The molecule has 0 aliphatic carbocycles. The van der Waals surface area contributed by atoms with Crippen LogP contribution in [0.2, 0.25) is 0 Å². The van der Waals surface area contributed by atoms with Crippen molar-refractivity contribution in [3.8, 4) is 0 Å². The smallest absolute Gasteiger partial charge is 0.00486 e. The fourth-order valence-electron chi connectivity index (χ4n) is 0.0645. The second-order valence-corrected chi connectivity index (χ2v) is 4.63. The molecule has 0 amide bonds. The van der Waals surface area contributed by atoms with Crippen LogP contribution >= 0.6 is 30.6 Å². The molecule has 0 aliphatic heterocycles. The first-order valence-electron chi connectivity index (χ1n) is 1.42. The molecule has 0 N–H and O–H groups in total. The summed E-state index contributed by atoms with van der Waals surface area (Å²) in [5.74, 6) is 1.20. The molecule has 1 atom stereocenters. The van der Waals surface area contributed by atoms with Gasteiger partial charge in [-0.1, -0.05) is 6.92 Å². The minimum Gasteiger partial charge on any atom is -0.143 e. The third-order valence-electron chi connectivity index (χ3n) is 0.209. The Morgan fingerprint density at radius 1 is 2.00 bits per heavy atom. The maximum atomic E-state index is 3.99. The Morgan fingerprint density at radius 2 is 2.60 bits per heavy atom. The van der Waals surface area contributed by atoms with E-state index >= 15 is 0 Å². The van der Waals surface area contributed by atoms with Crippen molar-refractivity contribution >= 4 is 30.6 Å². The van der Waals surface area contributed by atoms with Crippen molar-refractivity contribution in [1.29, 1.82) is 0 Å². The highest BCUT2D eigenvalue weighted by atomic mass is 33.1. The first-order chi connectivity index (χ1) is 2.41. The Morgan fingerprint density at radius 3 is 2.60 bits per heavy atom.